The summed E-state index contributed by atoms with van der Waals surface area (Å²) < 4.78 is 21.4. The van der Waals surface area contributed by atoms with Crippen LogP contribution in [0.2, 0.25) is 5.02 Å². The van der Waals surface area contributed by atoms with E-state index in [1.807, 2.05) is 14.1 Å². The van der Waals surface area contributed by atoms with Gasteiger partial charge < -0.3 is 19.8 Å². The Labute approximate surface area is 352 Å². The van der Waals surface area contributed by atoms with Crippen molar-refractivity contribution in [2.24, 2.45) is 56.2 Å². The van der Waals surface area contributed by atoms with E-state index in [2.05, 4.69) is 58.3 Å². The number of benzene rings is 1. The molecule has 324 valence electrons. The number of carbonyl (C=O) groups is 3. The molecule has 1 aromatic rings. The van der Waals surface area contributed by atoms with Gasteiger partial charge in [0.25, 0.3) is 0 Å². The van der Waals surface area contributed by atoms with Gasteiger partial charge in [0.05, 0.1) is 23.0 Å². The van der Waals surface area contributed by atoms with Crippen LogP contribution in [0.5, 0.6) is 0 Å². The SMILES string of the molecule is CC(C)C1=C2[C@H]3CC[C@@H]4[C@@]5(C)CC[C@H](OC(=O)CC(C)(C)C(=O)O)C(C)(C)C5CC[C@@]4(C)[C@]3(C)CCC2(C(O)CN(CCN(C)C)Cc2cccc(Cl)c2F)CC1=O. The van der Waals surface area contributed by atoms with Gasteiger partial charge in [0.1, 0.15) is 11.9 Å². The lowest BCUT2D eigenvalue weighted by atomic mass is 9.33. The second-order valence-electron chi connectivity index (χ2n) is 21.8. The fraction of sp³-hybridized carbons (Fsp3) is 0.771. The molecule has 8 nitrogen and oxygen atoms in total. The number of esters is 1. The molecular weight excluding hydrogens is 755 g/mol. The number of aliphatic carboxylic acids is 1. The summed E-state index contributed by atoms with van der Waals surface area (Å²) in [4.78, 5) is 43.5. The second kappa shape index (κ2) is 15.9. The van der Waals surface area contributed by atoms with Crippen LogP contribution in [-0.4, -0.2) is 83.7 Å². The highest BCUT2D eigenvalue weighted by Gasteiger charge is 2.71. The summed E-state index contributed by atoms with van der Waals surface area (Å²) in [5.41, 5.74) is 0.465. The van der Waals surface area contributed by atoms with E-state index in [0.717, 1.165) is 63.5 Å². The third-order valence-electron chi connectivity index (χ3n) is 17.2. The van der Waals surface area contributed by atoms with Crippen LogP contribution in [-0.2, 0) is 25.7 Å². The quantitative estimate of drug-likeness (QED) is 0.190. The average Bonchev–Trinajstić information content (AvgIpc) is 3.43. The Hall–Kier alpha value is -2.33. The van der Waals surface area contributed by atoms with E-state index >= 15 is 4.39 Å². The molecule has 0 spiro atoms. The number of halogens is 2. The topological polar surface area (TPSA) is 107 Å². The summed E-state index contributed by atoms with van der Waals surface area (Å²) in [6, 6.07) is 5.09. The molecule has 10 heteroatoms. The Morgan fingerprint density at radius 3 is 2.29 bits per heavy atom. The van der Waals surface area contributed by atoms with Crippen molar-refractivity contribution in [3.63, 3.8) is 0 Å². The maximum atomic E-state index is 15.3. The van der Waals surface area contributed by atoms with Crippen molar-refractivity contribution >= 4 is 29.3 Å². The van der Waals surface area contributed by atoms with Gasteiger partial charge in [-0.2, -0.15) is 0 Å². The van der Waals surface area contributed by atoms with Crippen molar-refractivity contribution in [1.82, 2.24) is 9.80 Å². The molecule has 3 unspecified atom stereocenters. The lowest BCUT2D eigenvalue weighted by Gasteiger charge is -2.72. The number of ketones is 1. The smallest absolute Gasteiger partial charge is 0.309 e. The van der Waals surface area contributed by atoms with Crippen LogP contribution in [0.4, 0.5) is 4.39 Å². The first-order valence-corrected chi connectivity index (χ1v) is 22.4. The van der Waals surface area contributed by atoms with Crippen molar-refractivity contribution in [3.8, 4) is 0 Å². The molecule has 0 aromatic heterocycles. The molecule has 0 heterocycles. The van der Waals surface area contributed by atoms with Crippen LogP contribution in [0.1, 0.15) is 132 Å². The molecule has 4 fully saturated rings. The molecule has 0 bridgehead atoms. The minimum absolute atomic E-state index is 0.00797. The molecule has 6 rings (SSSR count). The predicted molar refractivity (Wildman–Crippen MR) is 227 cm³/mol. The predicted octanol–water partition coefficient (Wildman–Crippen LogP) is 9.60. The first-order chi connectivity index (χ1) is 26.9. The second-order valence-corrected chi connectivity index (χ2v) is 22.2. The number of aliphatic hydroxyl groups excluding tert-OH is 1. The van der Waals surface area contributed by atoms with Gasteiger partial charge in [-0.1, -0.05) is 77.8 Å². The molecule has 4 saturated carbocycles. The fourth-order valence-electron chi connectivity index (χ4n) is 13.8. The zero-order valence-corrected chi connectivity index (χ0v) is 38.0. The van der Waals surface area contributed by atoms with Gasteiger partial charge in [0.2, 0.25) is 0 Å². The minimum atomic E-state index is -1.19. The number of carboxylic acid groups (broad SMARTS) is 1. The Kier molecular flexibility index (Phi) is 12.4. The lowest BCUT2D eigenvalue weighted by molar-refractivity contribution is -0.235. The van der Waals surface area contributed by atoms with Crippen molar-refractivity contribution < 1.29 is 33.7 Å². The van der Waals surface area contributed by atoms with Crippen molar-refractivity contribution in [3.05, 3.63) is 45.7 Å². The molecule has 0 saturated heterocycles. The van der Waals surface area contributed by atoms with Crippen molar-refractivity contribution in [2.45, 2.75) is 145 Å². The van der Waals surface area contributed by atoms with Crippen LogP contribution < -0.4 is 0 Å². The molecule has 0 aliphatic heterocycles. The normalized spacial score (nSPS) is 35.1. The van der Waals surface area contributed by atoms with Crippen LogP contribution in [0.15, 0.2) is 29.3 Å². The van der Waals surface area contributed by atoms with Crippen LogP contribution in [0, 0.1) is 62.0 Å². The first kappa shape index (κ1) is 45.2. The third-order valence-corrected chi connectivity index (χ3v) is 17.5. The zero-order chi connectivity index (χ0) is 43.0. The molecule has 1 aromatic carbocycles. The lowest BCUT2D eigenvalue weighted by Crippen LogP contribution is -2.66. The number of ether oxygens (including phenoxy) is 1. The zero-order valence-electron chi connectivity index (χ0n) is 37.3. The van der Waals surface area contributed by atoms with Crippen molar-refractivity contribution in [2.75, 3.05) is 33.7 Å². The molecular formula is C48H72ClFN2O6. The van der Waals surface area contributed by atoms with Gasteiger partial charge in [0, 0.05) is 49.0 Å². The number of likely N-dealkylation sites (N-methyl/N-ethyl adjacent to an activating group) is 1. The standard InChI is InChI=1S/C48H72ClFN2O6/c1-29(2)39-33(53)25-48(36(54)28-52(24-23-51(10)11)27-30-13-12-14-32(49)41(30)50)22-21-46(8)31(40(39)48)15-16-35-45(7)19-18-37(58-38(55)26-43(3,4)42(56)57)44(5,6)34(45)17-20-47(35,46)9/h12-14,29,31,34-37,54H,15-28H2,1-11H3,(H,56,57)/t31-,34?,35-,36?,37+,45+,46-,47-,48?/m1/s1. The molecule has 9 atom stereocenters. The summed E-state index contributed by atoms with van der Waals surface area (Å²) in [5, 5.41) is 22.4. The van der Waals surface area contributed by atoms with Crippen LogP contribution in [0.3, 0.4) is 0 Å². The Morgan fingerprint density at radius 1 is 0.966 bits per heavy atom. The number of allylic oxidation sites excluding steroid dienone is 1. The number of Topliss-reactive ketones (excluding diaryl/α,β-unsaturated/α-hetero) is 1. The largest absolute Gasteiger partial charge is 0.481 e. The van der Waals surface area contributed by atoms with Gasteiger partial charge in [-0.3, -0.25) is 19.3 Å². The minimum Gasteiger partial charge on any atom is -0.481 e. The molecule has 2 N–H and O–H groups in total. The maximum absolute atomic E-state index is 15.3. The van der Waals surface area contributed by atoms with E-state index in [0.29, 0.717) is 43.5 Å². The highest BCUT2D eigenvalue weighted by Crippen LogP contribution is 2.77. The average molecular weight is 828 g/mol. The molecule has 5 aliphatic carbocycles. The van der Waals surface area contributed by atoms with E-state index in [-0.39, 0.29) is 56.8 Å². The summed E-state index contributed by atoms with van der Waals surface area (Å²) in [5.74, 6) is -0.702. The van der Waals surface area contributed by atoms with E-state index in [1.165, 1.54) is 5.57 Å². The number of carbonyl (C=O) groups excluding carboxylic acids is 2. The number of fused-ring (bicyclic) bond motifs is 7. The molecule has 0 radical (unpaired) electrons. The van der Waals surface area contributed by atoms with Gasteiger partial charge in [-0.15, -0.1) is 0 Å². The highest BCUT2D eigenvalue weighted by molar-refractivity contribution is 6.30. The van der Waals surface area contributed by atoms with Crippen LogP contribution in [0.25, 0.3) is 0 Å². The van der Waals surface area contributed by atoms with Gasteiger partial charge >= 0.3 is 11.9 Å². The molecule has 0 amide bonds. The van der Waals surface area contributed by atoms with Gasteiger partial charge in [0.15, 0.2) is 5.78 Å². The van der Waals surface area contributed by atoms with E-state index in [4.69, 9.17) is 16.3 Å². The van der Waals surface area contributed by atoms with Crippen molar-refractivity contribution in [1.29, 1.82) is 0 Å². The summed E-state index contributed by atoms with van der Waals surface area (Å²) in [6.45, 7) is 21.5. The number of nitrogens with zero attached hydrogens (tertiary/aromatic N) is 2. The van der Waals surface area contributed by atoms with Crippen LogP contribution >= 0.6 is 11.6 Å². The summed E-state index contributed by atoms with van der Waals surface area (Å²) in [6.07, 6.45) is 6.52. The summed E-state index contributed by atoms with van der Waals surface area (Å²) >= 11 is 6.21. The van der Waals surface area contributed by atoms with E-state index in [1.54, 1.807) is 32.0 Å². The third kappa shape index (κ3) is 7.42. The summed E-state index contributed by atoms with van der Waals surface area (Å²) in [7, 11) is 4.02. The fourth-order valence-corrected chi connectivity index (χ4v) is 14.0. The number of rotatable bonds is 13. The van der Waals surface area contributed by atoms with E-state index in [9.17, 15) is 24.6 Å². The Balaban J connectivity index is 1.29. The first-order valence-electron chi connectivity index (χ1n) is 22.0. The Bertz CT molecular complexity index is 1810. The number of hydrogen-bond acceptors (Lipinski definition) is 7. The van der Waals surface area contributed by atoms with E-state index < -0.39 is 34.7 Å². The number of aliphatic hydroxyl groups is 1. The molecule has 5 aliphatic rings. The highest BCUT2D eigenvalue weighted by atomic mass is 35.5. The Morgan fingerprint density at radius 2 is 1.66 bits per heavy atom. The number of hydrogen-bond donors (Lipinski definition) is 2. The number of carboxylic acids is 1. The monoisotopic (exact) mass is 827 g/mol. The van der Waals surface area contributed by atoms with Gasteiger partial charge in [-0.05, 0) is 131 Å². The van der Waals surface area contributed by atoms with Gasteiger partial charge in [-0.25, -0.2) is 4.39 Å². The maximum Gasteiger partial charge on any atom is 0.309 e. The molecule has 58 heavy (non-hydrogen) atoms.